The monoisotopic (exact) mass is 538 g/mol. The first kappa shape index (κ1) is 28.5. The van der Waals surface area contributed by atoms with Crippen LogP contribution in [-0.4, -0.2) is 46.0 Å². The number of methoxy groups -OCH3 is 1. The van der Waals surface area contributed by atoms with Crippen molar-refractivity contribution >= 4 is 11.9 Å². The summed E-state index contributed by atoms with van der Waals surface area (Å²) in [5.41, 5.74) is 4.16. The van der Waals surface area contributed by atoms with Gasteiger partial charge < -0.3 is 24.4 Å². The van der Waals surface area contributed by atoms with Gasteiger partial charge in [0.05, 0.1) is 13.7 Å². The highest BCUT2D eigenvalue weighted by Crippen LogP contribution is 2.17. The quantitative estimate of drug-likeness (QED) is 0.252. The lowest BCUT2D eigenvalue weighted by Gasteiger charge is -2.30. The third-order valence-corrected chi connectivity index (χ3v) is 6.81. The topological polar surface area (TPSA) is 66.8 Å². The Kier molecular flexibility index (Phi) is 9.99. The molecular weight excluding hydrogens is 500 g/mol. The van der Waals surface area contributed by atoms with Crippen LogP contribution in [0.25, 0.3) is 0 Å². The molecule has 4 aromatic rings. The van der Waals surface area contributed by atoms with Gasteiger partial charge in [0.15, 0.2) is 0 Å². The summed E-state index contributed by atoms with van der Waals surface area (Å²) in [6.45, 7) is 5.77. The van der Waals surface area contributed by atoms with E-state index in [1.165, 1.54) is 0 Å². The zero-order valence-corrected chi connectivity index (χ0v) is 23.5. The second-order valence-corrected chi connectivity index (χ2v) is 10.1. The first-order chi connectivity index (χ1) is 19.4. The van der Waals surface area contributed by atoms with Gasteiger partial charge in [-0.1, -0.05) is 72.8 Å². The van der Waals surface area contributed by atoms with E-state index >= 15 is 0 Å². The van der Waals surface area contributed by atoms with Gasteiger partial charge in [0.25, 0.3) is 0 Å². The predicted molar refractivity (Wildman–Crippen MR) is 158 cm³/mol. The summed E-state index contributed by atoms with van der Waals surface area (Å²) in [6.07, 6.45) is 2.03. The molecule has 1 heterocycles. The van der Waals surface area contributed by atoms with E-state index in [1.807, 2.05) is 116 Å². The number of benzene rings is 3. The van der Waals surface area contributed by atoms with Crippen LogP contribution in [0.3, 0.4) is 0 Å². The highest BCUT2D eigenvalue weighted by atomic mass is 16.5. The summed E-state index contributed by atoms with van der Waals surface area (Å²) in [5.74, 6) is 0.702. The summed E-state index contributed by atoms with van der Waals surface area (Å²) in [4.78, 5) is 30.4. The summed E-state index contributed by atoms with van der Waals surface area (Å²) in [5, 5.41) is 2.97. The van der Waals surface area contributed by atoms with E-state index < -0.39 is 0 Å². The number of rotatable bonds is 12. The number of nitrogens with zero attached hydrogens (tertiary/aromatic N) is 3. The minimum atomic E-state index is -0.256. The SMILES string of the molecule is COc1cccc(Cn2cccc2CN(Cc2ccccc2)C(=O)CN(C(=O)NCc2ccccc2)C(C)C)c1. The summed E-state index contributed by atoms with van der Waals surface area (Å²) in [7, 11) is 1.66. The molecule has 0 saturated carbocycles. The summed E-state index contributed by atoms with van der Waals surface area (Å²) >= 11 is 0. The fourth-order valence-electron chi connectivity index (χ4n) is 4.56. The van der Waals surface area contributed by atoms with Crippen LogP contribution in [-0.2, 0) is 31.0 Å². The standard InChI is InChI=1S/C33H38N4O3/c1-26(2)37(33(39)34-21-27-12-6-4-7-13-27)25-32(38)36(22-28-14-8-5-9-15-28)24-30-17-11-19-35(30)23-29-16-10-18-31(20-29)40-3/h4-20,26H,21-25H2,1-3H3,(H,34,39). The van der Waals surface area contributed by atoms with Crippen molar-refractivity contribution in [1.82, 2.24) is 19.7 Å². The Bertz CT molecular complexity index is 1370. The van der Waals surface area contributed by atoms with Crippen LogP contribution in [0.4, 0.5) is 4.79 Å². The van der Waals surface area contributed by atoms with Crippen LogP contribution in [0.1, 0.15) is 36.2 Å². The molecule has 40 heavy (non-hydrogen) atoms. The first-order valence-electron chi connectivity index (χ1n) is 13.6. The molecule has 0 radical (unpaired) electrons. The van der Waals surface area contributed by atoms with E-state index in [4.69, 9.17) is 4.74 Å². The third-order valence-electron chi connectivity index (χ3n) is 6.81. The second-order valence-electron chi connectivity index (χ2n) is 10.1. The Morgan fingerprint density at radius 3 is 2.17 bits per heavy atom. The van der Waals surface area contributed by atoms with Gasteiger partial charge in [0.1, 0.15) is 12.3 Å². The number of nitrogens with one attached hydrogen (secondary N) is 1. The van der Waals surface area contributed by atoms with Crippen molar-refractivity contribution in [2.24, 2.45) is 0 Å². The largest absolute Gasteiger partial charge is 0.497 e. The van der Waals surface area contributed by atoms with E-state index in [-0.39, 0.29) is 24.5 Å². The van der Waals surface area contributed by atoms with E-state index in [9.17, 15) is 9.59 Å². The molecule has 7 nitrogen and oxygen atoms in total. The number of ether oxygens (including phenoxy) is 1. The molecule has 0 spiro atoms. The molecular formula is C33H38N4O3. The number of amides is 3. The van der Waals surface area contributed by atoms with Crippen LogP contribution in [0.2, 0.25) is 0 Å². The molecule has 1 N–H and O–H groups in total. The maximum Gasteiger partial charge on any atom is 0.318 e. The Morgan fingerprint density at radius 2 is 1.50 bits per heavy atom. The number of hydrogen-bond donors (Lipinski definition) is 1. The van der Waals surface area contributed by atoms with Crippen molar-refractivity contribution in [3.8, 4) is 5.75 Å². The molecule has 208 valence electrons. The van der Waals surface area contributed by atoms with Crippen LogP contribution in [0.5, 0.6) is 5.75 Å². The fourth-order valence-corrected chi connectivity index (χ4v) is 4.56. The van der Waals surface area contributed by atoms with Crippen LogP contribution < -0.4 is 10.1 Å². The van der Waals surface area contributed by atoms with Crippen LogP contribution >= 0.6 is 0 Å². The Balaban J connectivity index is 1.50. The summed E-state index contributed by atoms with van der Waals surface area (Å²) in [6, 6.07) is 31.3. The molecule has 0 unspecified atom stereocenters. The lowest BCUT2D eigenvalue weighted by atomic mass is 10.2. The Hall–Kier alpha value is -4.52. The molecule has 0 fully saturated rings. The molecule has 0 aliphatic heterocycles. The fraction of sp³-hybridized carbons (Fsp3) is 0.273. The van der Waals surface area contributed by atoms with Gasteiger partial charge in [-0.05, 0) is 54.8 Å². The molecule has 1 aromatic heterocycles. The molecule has 0 saturated heterocycles. The zero-order chi connectivity index (χ0) is 28.3. The maximum atomic E-state index is 13.8. The average molecular weight is 539 g/mol. The van der Waals surface area contributed by atoms with Crippen LogP contribution in [0.15, 0.2) is 103 Å². The first-order valence-corrected chi connectivity index (χ1v) is 13.6. The van der Waals surface area contributed by atoms with Gasteiger partial charge in [-0.25, -0.2) is 4.79 Å². The summed E-state index contributed by atoms with van der Waals surface area (Å²) < 4.78 is 7.53. The number of hydrogen-bond acceptors (Lipinski definition) is 3. The van der Waals surface area contributed by atoms with Crippen LogP contribution in [0, 0.1) is 0 Å². The highest BCUT2D eigenvalue weighted by molar-refractivity contribution is 5.84. The molecule has 4 rings (SSSR count). The van der Waals surface area contributed by atoms with Gasteiger partial charge in [0, 0.05) is 37.6 Å². The molecule has 0 atom stereocenters. The van der Waals surface area contributed by atoms with Crippen molar-refractivity contribution in [2.45, 2.75) is 46.1 Å². The van der Waals surface area contributed by atoms with E-state index in [0.29, 0.717) is 26.2 Å². The molecule has 3 aromatic carbocycles. The van der Waals surface area contributed by atoms with Gasteiger partial charge in [-0.15, -0.1) is 0 Å². The number of urea groups is 1. The van der Waals surface area contributed by atoms with Gasteiger partial charge in [-0.3, -0.25) is 4.79 Å². The minimum Gasteiger partial charge on any atom is -0.497 e. The van der Waals surface area contributed by atoms with E-state index in [0.717, 1.165) is 28.1 Å². The van der Waals surface area contributed by atoms with Gasteiger partial charge in [0.2, 0.25) is 5.91 Å². The molecule has 7 heteroatoms. The van der Waals surface area contributed by atoms with Crippen molar-refractivity contribution in [3.63, 3.8) is 0 Å². The van der Waals surface area contributed by atoms with Gasteiger partial charge in [-0.2, -0.15) is 0 Å². The van der Waals surface area contributed by atoms with Gasteiger partial charge >= 0.3 is 6.03 Å². The number of aromatic nitrogens is 1. The second kappa shape index (κ2) is 14.0. The smallest absolute Gasteiger partial charge is 0.318 e. The molecule has 0 bridgehead atoms. The van der Waals surface area contributed by atoms with E-state index in [1.54, 1.807) is 12.0 Å². The lowest BCUT2D eigenvalue weighted by Crippen LogP contribution is -2.49. The molecule has 0 aliphatic rings. The number of carbonyl (C=O) groups excluding carboxylic acids is 2. The Labute approximate surface area is 237 Å². The third kappa shape index (κ3) is 7.99. The van der Waals surface area contributed by atoms with Crippen molar-refractivity contribution in [1.29, 1.82) is 0 Å². The highest BCUT2D eigenvalue weighted by Gasteiger charge is 2.24. The average Bonchev–Trinajstić information content (AvgIpc) is 3.41. The normalized spacial score (nSPS) is 10.8. The predicted octanol–water partition coefficient (Wildman–Crippen LogP) is 5.69. The van der Waals surface area contributed by atoms with E-state index in [2.05, 4.69) is 16.0 Å². The zero-order valence-electron chi connectivity index (χ0n) is 23.5. The Morgan fingerprint density at radius 1 is 0.825 bits per heavy atom. The maximum absolute atomic E-state index is 13.8. The van der Waals surface area contributed by atoms with Crippen molar-refractivity contribution < 1.29 is 14.3 Å². The molecule has 3 amide bonds. The van der Waals surface area contributed by atoms with Crippen molar-refractivity contribution in [3.05, 3.63) is 126 Å². The molecule has 0 aliphatic carbocycles. The number of carbonyl (C=O) groups is 2. The van der Waals surface area contributed by atoms with Crippen molar-refractivity contribution in [2.75, 3.05) is 13.7 Å². The lowest BCUT2D eigenvalue weighted by molar-refractivity contribution is -0.133. The minimum absolute atomic E-state index is 0.0122.